The molecule has 4 nitrogen and oxygen atoms in total. The quantitative estimate of drug-likeness (QED) is 0.702. The van der Waals surface area contributed by atoms with Crippen LogP contribution in [-0.4, -0.2) is 66.3 Å². The molecule has 3 N–H and O–H groups in total. The Hall–Kier alpha value is -0.160. The molecule has 0 aromatic rings. The largest absolute Gasteiger partial charge is 0.395 e. The summed E-state index contributed by atoms with van der Waals surface area (Å²) >= 11 is 0. The summed E-state index contributed by atoms with van der Waals surface area (Å²) in [5, 5.41) is 8.93. The average molecular weight is 227 g/mol. The van der Waals surface area contributed by atoms with Gasteiger partial charge in [-0.15, -0.1) is 0 Å². The van der Waals surface area contributed by atoms with E-state index >= 15 is 0 Å². The minimum absolute atomic E-state index is 0.0713. The second kappa shape index (κ2) is 5.96. The first-order valence-corrected chi connectivity index (χ1v) is 6.62. The molecule has 1 aliphatic carbocycles. The Morgan fingerprint density at radius 1 is 1.12 bits per heavy atom. The number of nitrogens with zero attached hydrogens (tertiary/aromatic N) is 2. The molecule has 1 unspecified atom stereocenters. The summed E-state index contributed by atoms with van der Waals surface area (Å²) in [6.07, 6.45) is 5.63. The standard InChI is InChI=1S/C12H25N3O/c13-11(10-16)9-14-5-7-15(8-6-14)12-3-1-2-4-12/h11-12,16H,1-10,13H2. The second-order valence-electron chi connectivity index (χ2n) is 5.22. The van der Waals surface area contributed by atoms with Crippen LogP contribution in [0.2, 0.25) is 0 Å². The van der Waals surface area contributed by atoms with E-state index in [1.807, 2.05) is 0 Å². The maximum atomic E-state index is 8.93. The number of aliphatic hydroxyl groups excluding tert-OH is 1. The highest BCUT2D eigenvalue weighted by Gasteiger charge is 2.26. The summed E-state index contributed by atoms with van der Waals surface area (Å²) in [5.41, 5.74) is 5.76. The lowest BCUT2D eigenvalue weighted by Gasteiger charge is -2.38. The molecule has 0 aromatic carbocycles. The van der Waals surface area contributed by atoms with E-state index in [1.165, 1.54) is 38.8 Å². The maximum absolute atomic E-state index is 8.93. The van der Waals surface area contributed by atoms with Crippen molar-refractivity contribution in [1.29, 1.82) is 0 Å². The van der Waals surface area contributed by atoms with Crippen molar-refractivity contribution in [3.8, 4) is 0 Å². The molecule has 4 heteroatoms. The van der Waals surface area contributed by atoms with Crippen LogP contribution in [-0.2, 0) is 0 Å². The van der Waals surface area contributed by atoms with Crippen molar-refractivity contribution in [3.63, 3.8) is 0 Å². The maximum Gasteiger partial charge on any atom is 0.0595 e. The van der Waals surface area contributed by atoms with Crippen molar-refractivity contribution < 1.29 is 5.11 Å². The van der Waals surface area contributed by atoms with Gasteiger partial charge in [-0.05, 0) is 12.8 Å². The molecule has 2 aliphatic rings. The van der Waals surface area contributed by atoms with Crippen LogP contribution < -0.4 is 5.73 Å². The molecule has 0 radical (unpaired) electrons. The summed E-state index contributed by atoms with van der Waals surface area (Å²) in [6.45, 7) is 5.54. The molecular formula is C12H25N3O. The monoisotopic (exact) mass is 227 g/mol. The van der Waals surface area contributed by atoms with Gasteiger partial charge in [-0.3, -0.25) is 9.80 Å². The third-order valence-corrected chi connectivity index (χ3v) is 3.98. The summed E-state index contributed by atoms with van der Waals surface area (Å²) < 4.78 is 0. The zero-order valence-corrected chi connectivity index (χ0v) is 10.1. The summed E-state index contributed by atoms with van der Waals surface area (Å²) in [6, 6.07) is 0.784. The Balaban J connectivity index is 1.69. The smallest absolute Gasteiger partial charge is 0.0595 e. The molecule has 1 saturated heterocycles. The Labute approximate surface area is 98.4 Å². The molecule has 2 rings (SSSR count). The highest BCUT2D eigenvalue weighted by atomic mass is 16.3. The van der Waals surface area contributed by atoms with Gasteiger partial charge in [-0.25, -0.2) is 0 Å². The summed E-state index contributed by atoms with van der Waals surface area (Å²) in [7, 11) is 0. The zero-order valence-electron chi connectivity index (χ0n) is 10.1. The van der Waals surface area contributed by atoms with Crippen LogP contribution in [0.1, 0.15) is 25.7 Å². The van der Waals surface area contributed by atoms with Crippen LogP contribution >= 0.6 is 0 Å². The Morgan fingerprint density at radius 3 is 2.31 bits per heavy atom. The Morgan fingerprint density at radius 2 is 1.75 bits per heavy atom. The van der Waals surface area contributed by atoms with Gasteiger partial charge in [0.2, 0.25) is 0 Å². The van der Waals surface area contributed by atoms with Gasteiger partial charge in [0, 0.05) is 44.8 Å². The van der Waals surface area contributed by atoms with Crippen molar-refractivity contribution in [2.45, 2.75) is 37.8 Å². The molecule has 2 fully saturated rings. The van der Waals surface area contributed by atoms with Crippen LogP contribution in [0.5, 0.6) is 0 Å². The fourth-order valence-corrected chi connectivity index (χ4v) is 2.97. The fraction of sp³-hybridized carbons (Fsp3) is 1.00. The highest BCUT2D eigenvalue weighted by Crippen LogP contribution is 2.24. The van der Waals surface area contributed by atoms with Crippen molar-refractivity contribution in [1.82, 2.24) is 9.80 Å². The van der Waals surface area contributed by atoms with Gasteiger partial charge < -0.3 is 10.8 Å². The first-order chi connectivity index (χ1) is 7.79. The number of piperazine rings is 1. The molecule has 0 amide bonds. The van der Waals surface area contributed by atoms with Gasteiger partial charge in [0.05, 0.1) is 6.61 Å². The normalized spacial score (nSPS) is 27.4. The topological polar surface area (TPSA) is 52.7 Å². The number of hydrogen-bond donors (Lipinski definition) is 2. The lowest BCUT2D eigenvalue weighted by molar-refractivity contribution is 0.0885. The summed E-state index contributed by atoms with van der Waals surface area (Å²) in [5.74, 6) is 0. The molecular weight excluding hydrogens is 202 g/mol. The molecule has 1 aliphatic heterocycles. The van der Waals surface area contributed by atoms with Crippen LogP contribution in [0.4, 0.5) is 0 Å². The molecule has 0 bridgehead atoms. The third kappa shape index (κ3) is 3.17. The van der Waals surface area contributed by atoms with Crippen LogP contribution in [0.15, 0.2) is 0 Å². The lowest BCUT2D eigenvalue weighted by Crippen LogP contribution is -2.52. The van der Waals surface area contributed by atoms with Gasteiger partial charge in [0.1, 0.15) is 0 Å². The average Bonchev–Trinajstić information content (AvgIpc) is 2.83. The van der Waals surface area contributed by atoms with Crippen LogP contribution in [0.3, 0.4) is 0 Å². The first kappa shape index (κ1) is 12.3. The summed E-state index contributed by atoms with van der Waals surface area (Å²) in [4.78, 5) is 5.03. The van der Waals surface area contributed by atoms with E-state index in [9.17, 15) is 0 Å². The molecule has 0 spiro atoms. The molecule has 1 saturated carbocycles. The second-order valence-corrected chi connectivity index (χ2v) is 5.22. The molecule has 1 atom stereocenters. The minimum Gasteiger partial charge on any atom is -0.395 e. The van der Waals surface area contributed by atoms with Crippen molar-refractivity contribution >= 4 is 0 Å². The zero-order chi connectivity index (χ0) is 11.4. The molecule has 94 valence electrons. The van der Waals surface area contributed by atoms with E-state index in [0.29, 0.717) is 0 Å². The van der Waals surface area contributed by atoms with E-state index in [-0.39, 0.29) is 12.6 Å². The van der Waals surface area contributed by atoms with E-state index in [4.69, 9.17) is 10.8 Å². The number of rotatable bonds is 4. The predicted octanol–water partition coefficient (Wildman–Crippen LogP) is -0.134. The van der Waals surface area contributed by atoms with Crippen molar-refractivity contribution in [2.75, 3.05) is 39.3 Å². The highest BCUT2D eigenvalue weighted by molar-refractivity contribution is 4.82. The molecule has 1 heterocycles. The molecule has 16 heavy (non-hydrogen) atoms. The molecule has 0 aromatic heterocycles. The van der Waals surface area contributed by atoms with Gasteiger partial charge in [-0.2, -0.15) is 0 Å². The third-order valence-electron chi connectivity index (χ3n) is 3.98. The number of nitrogens with two attached hydrogens (primary N) is 1. The van der Waals surface area contributed by atoms with E-state index in [0.717, 1.165) is 25.7 Å². The lowest BCUT2D eigenvalue weighted by atomic mass is 10.1. The van der Waals surface area contributed by atoms with Crippen LogP contribution in [0.25, 0.3) is 0 Å². The Bertz CT molecular complexity index is 198. The fourth-order valence-electron chi connectivity index (χ4n) is 2.97. The van der Waals surface area contributed by atoms with E-state index in [2.05, 4.69) is 9.80 Å². The van der Waals surface area contributed by atoms with E-state index < -0.39 is 0 Å². The Kier molecular flexibility index (Phi) is 4.58. The van der Waals surface area contributed by atoms with Crippen LogP contribution in [0, 0.1) is 0 Å². The number of hydrogen-bond acceptors (Lipinski definition) is 4. The van der Waals surface area contributed by atoms with Gasteiger partial charge in [-0.1, -0.05) is 12.8 Å². The first-order valence-electron chi connectivity index (χ1n) is 6.62. The van der Waals surface area contributed by atoms with Gasteiger partial charge in [0.15, 0.2) is 0 Å². The minimum atomic E-state index is -0.0713. The number of aliphatic hydroxyl groups is 1. The van der Waals surface area contributed by atoms with E-state index in [1.54, 1.807) is 0 Å². The van der Waals surface area contributed by atoms with Crippen molar-refractivity contribution in [2.24, 2.45) is 5.73 Å². The van der Waals surface area contributed by atoms with Crippen molar-refractivity contribution in [3.05, 3.63) is 0 Å². The van der Waals surface area contributed by atoms with Gasteiger partial charge >= 0.3 is 0 Å². The van der Waals surface area contributed by atoms with Gasteiger partial charge in [0.25, 0.3) is 0 Å². The SMILES string of the molecule is NC(CO)CN1CCN(C2CCCC2)CC1. The predicted molar refractivity (Wildman–Crippen MR) is 65.3 cm³/mol.